The van der Waals surface area contributed by atoms with Gasteiger partial charge >= 0.3 is 0 Å². The molecule has 25 heavy (non-hydrogen) atoms. The minimum Gasteiger partial charge on any atom is -0.494 e. The Hall–Kier alpha value is -2.58. The summed E-state index contributed by atoms with van der Waals surface area (Å²) in [5.41, 5.74) is 2.13. The van der Waals surface area contributed by atoms with Crippen molar-refractivity contribution in [2.45, 2.75) is 39.3 Å². The first-order valence-corrected chi connectivity index (χ1v) is 8.73. The minimum atomic E-state index is -0.404. The molecule has 0 saturated carbocycles. The first-order valence-electron chi connectivity index (χ1n) is 8.73. The molecule has 1 saturated heterocycles. The third kappa shape index (κ3) is 3.59. The van der Waals surface area contributed by atoms with Crippen molar-refractivity contribution in [3.63, 3.8) is 0 Å². The van der Waals surface area contributed by atoms with Gasteiger partial charge in [-0.15, -0.1) is 0 Å². The summed E-state index contributed by atoms with van der Waals surface area (Å²) < 4.78 is 1.35. The fourth-order valence-electron chi connectivity index (χ4n) is 3.45. The smallest absolute Gasteiger partial charge is 0.271 e. The van der Waals surface area contributed by atoms with E-state index in [1.807, 2.05) is 36.4 Å². The van der Waals surface area contributed by atoms with Gasteiger partial charge in [-0.25, -0.2) is 0 Å². The third-order valence-electron chi connectivity index (χ3n) is 4.97. The van der Waals surface area contributed by atoms with Gasteiger partial charge in [0.2, 0.25) is 0 Å². The fourth-order valence-corrected chi connectivity index (χ4v) is 3.45. The van der Waals surface area contributed by atoms with Crippen molar-refractivity contribution in [2.75, 3.05) is 13.1 Å². The number of rotatable bonds is 5. The summed E-state index contributed by atoms with van der Waals surface area (Å²) >= 11 is 0. The molecule has 0 amide bonds. The van der Waals surface area contributed by atoms with Crippen LogP contribution in [0, 0.1) is 18.3 Å². The third-order valence-corrected chi connectivity index (χ3v) is 4.97. The van der Waals surface area contributed by atoms with Gasteiger partial charge in [-0.1, -0.05) is 30.3 Å². The van der Waals surface area contributed by atoms with Gasteiger partial charge in [0.15, 0.2) is 5.88 Å². The molecular formula is C20H23N3O2. The van der Waals surface area contributed by atoms with Crippen LogP contribution < -0.4 is 5.56 Å². The molecule has 130 valence electrons. The Bertz CT molecular complexity index is 844. The van der Waals surface area contributed by atoms with Crippen LogP contribution in [-0.2, 0) is 19.5 Å². The predicted octanol–water partition coefficient (Wildman–Crippen LogP) is 2.57. The highest BCUT2D eigenvalue weighted by Gasteiger charge is 2.22. The first-order chi connectivity index (χ1) is 12.1. The Kier molecular flexibility index (Phi) is 5.20. The summed E-state index contributed by atoms with van der Waals surface area (Å²) in [6.07, 6.45) is 2.93. The Balaban J connectivity index is 1.95. The number of benzene rings is 1. The van der Waals surface area contributed by atoms with Crippen molar-refractivity contribution in [2.24, 2.45) is 0 Å². The Morgan fingerprint density at radius 1 is 1.20 bits per heavy atom. The summed E-state index contributed by atoms with van der Waals surface area (Å²) in [6.45, 7) is 4.68. The van der Waals surface area contributed by atoms with Crippen LogP contribution in [0.4, 0.5) is 0 Å². The van der Waals surface area contributed by atoms with E-state index in [0.717, 1.165) is 31.5 Å². The topological polar surface area (TPSA) is 69.3 Å². The van der Waals surface area contributed by atoms with Crippen LogP contribution in [0.1, 0.15) is 35.1 Å². The molecule has 1 fully saturated rings. The first kappa shape index (κ1) is 17.2. The van der Waals surface area contributed by atoms with Crippen LogP contribution in [0.5, 0.6) is 5.88 Å². The van der Waals surface area contributed by atoms with E-state index in [4.69, 9.17) is 0 Å². The quantitative estimate of drug-likeness (QED) is 0.910. The molecule has 3 rings (SSSR count). The number of nitriles is 1. The lowest BCUT2D eigenvalue weighted by atomic mass is 10.0. The van der Waals surface area contributed by atoms with Crippen molar-refractivity contribution in [1.82, 2.24) is 9.47 Å². The van der Waals surface area contributed by atoms with E-state index in [9.17, 15) is 15.2 Å². The summed E-state index contributed by atoms with van der Waals surface area (Å²) in [6, 6.07) is 11.9. The van der Waals surface area contributed by atoms with E-state index in [-0.39, 0.29) is 11.4 Å². The van der Waals surface area contributed by atoms with Crippen molar-refractivity contribution < 1.29 is 5.11 Å². The van der Waals surface area contributed by atoms with Gasteiger partial charge in [-0.05, 0) is 50.4 Å². The van der Waals surface area contributed by atoms with Crippen LogP contribution >= 0.6 is 0 Å². The van der Waals surface area contributed by atoms with Gasteiger partial charge in [-0.2, -0.15) is 5.26 Å². The summed E-state index contributed by atoms with van der Waals surface area (Å²) in [7, 11) is 0. The molecular weight excluding hydrogens is 314 g/mol. The van der Waals surface area contributed by atoms with Crippen molar-refractivity contribution in [3.05, 3.63) is 62.9 Å². The number of likely N-dealkylation sites (tertiary alicyclic amines) is 1. The lowest BCUT2D eigenvalue weighted by Crippen LogP contribution is -2.28. The van der Waals surface area contributed by atoms with E-state index in [0.29, 0.717) is 30.6 Å². The van der Waals surface area contributed by atoms with Crippen LogP contribution in [0.25, 0.3) is 0 Å². The standard InChI is InChI=1S/C20H23N3O2/c1-15-17(13-21)19(24)23(12-9-16-7-3-2-4-8-16)20(25)18(15)14-22-10-5-6-11-22/h2-4,7-8,25H,5-6,9-12,14H2,1H3. The maximum Gasteiger partial charge on any atom is 0.271 e. The average molecular weight is 337 g/mol. The summed E-state index contributed by atoms with van der Waals surface area (Å²) in [5.74, 6) is 0.00401. The van der Waals surface area contributed by atoms with Gasteiger partial charge in [0, 0.05) is 18.7 Å². The molecule has 0 spiro atoms. The lowest BCUT2D eigenvalue weighted by Gasteiger charge is -2.20. The number of aromatic nitrogens is 1. The van der Waals surface area contributed by atoms with Gasteiger partial charge in [0.25, 0.3) is 5.56 Å². The summed E-state index contributed by atoms with van der Waals surface area (Å²) in [5, 5.41) is 20.2. The molecule has 0 radical (unpaired) electrons. The molecule has 0 aliphatic carbocycles. The van der Waals surface area contributed by atoms with E-state index >= 15 is 0 Å². The maximum atomic E-state index is 12.6. The number of hydrogen-bond acceptors (Lipinski definition) is 4. The SMILES string of the molecule is Cc1c(CN2CCCC2)c(O)n(CCc2ccccc2)c(=O)c1C#N. The van der Waals surface area contributed by atoms with Gasteiger partial charge < -0.3 is 5.11 Å². The van der Waals surface area contributed by atoms with Gasteiger partial charge in [0.05, 0.1) is 0 Å². The van der Waals surface area contributed by atoms with Crippen molar-refractivity contribution in [3.8, 4) is 11.9 Å². The van der Waals surface area contributed by atoms with E-state index in [1.54, 1.807) is 6.92 Å². The van der Waals surface area contributed by atoms with E-state index in [2.05, 4.69) is 4.90 Å². The highest BCUT2D eigenvalue weighted by atomic mass is 16.3. The monoisotopic (exact) mass is 337 g/mol. The molecule has 1 aliphatic heterocycles. The van der Waals surface area contributed by atoms with Crippen LogP contribution in [0.15, 0.2) is 35.1 Å². The molecule has 2 heterocycles. The molecule has 1 aliphatic rings. The molecule has 5 nitrogen and oxygen atoms in total. The Morgan fingerprint density at radius 2 is 1.88 bits per heavy atom. The molecule has 0 bridgehead atoms. The largest absolute Gasteiger partial charge is 0.494 e. The van der Waals surface area contributed by atoms with Crippen LogP contribution in [0.3, 0.4) is 0 Å². The van der Waals surface area contributed by atoms with Gasteiger partial charge in [0.1, 0.15) is 11.6 Å². The number of pyridine rings is 1. The normalized spacial score (nSPS) is 14.6. The predicted molar refractivity (Wildman–Crippen MR) is 96.5 cm³/mol. The van der Waals surface area contributed by atoms with E-state index in [1.165, 1.54) is 4.57 Å². The maximum absolute atomic E-state index is 12.6. The summed E-state index contributed by atoms with van der Waals surface area (Å²) in [4.78, 5) is 14.9. The molecule has 1 N–H and O–H groups in total. The molecule has 2 aromatic rings. The van der Waals surface area contributed by atoms with Crippen LogP contribution in [-0.4, -0.2) is 27.7 Å². The number of nitrogens with zero attached hydrogens (tertiary/aromatic N) is 3. The number of aromatic hydroxyl groups is 1. The lowest BCUT2D eigenvalue weighted by molar-refractivity contribution is 0.314. The second kappa shape index (κ2) is 7.54. The van der Waals surface area contributed by atoms with E-state index < -0.39 is 5.56 Å². The second-order valence-electron chi connectivity index (χ2n) is 6.59. The number of hydrogen-bond donors (Lipinski definition) is 1. The Morgan fingerprint density at radius 3 is 2.52 bits per heavy atom. The number of aryl methyl sites for hydroxylation is 1. The zero-order chi connectivity index (χ0) is 17.8. The van der Waals surface area contributed by atoms with Gasteiger partial charge in [-0.3, -0.25) is 14.3 Å². The second-order valence-corrected chi connectivity index (χ2v) is 6.59. The van der Waals surface area contributed by atoms with Crippen molar-refractivity contribution in [1.29, 1.82) is 5.26 Å². The average Bonchev–Trinajstić information content (AvgIpc) is 3.13. The molecule has 1 aromatic carbocycles. The zero-order valence-electron chi connectivity index (χ0n) is 14.5. The van der Waals surface area contributed by atoms with Crippen molar-refractivity contribution >= 4 is 0 Å². The highest BCUT2D eigenvalue weighted by molar-refractivity contribution is 5.45. The fraction of sp³-hybridized carbons (Fsp3) is 0.400. The minimum absolute atomic E-state index is 0.00401. The zero-order valence-corrected chi connectivity index (χ0v) is 14.5. The Labute approximate surface area is 147 Å². The highest BCUT2D eigenvalue weighted by Crippen LogP contribution is 2.25. The molecule has 1 aromatic heterocycles. The van der Waals surface area contributed by atoms with Crippen LogP contribution in [0.2, 0.25) is 0 Å². The molecule has 5 heteroatoms. The molecule has 0 atom stereocenters. The molecule has 0 unspecified atom stereocenters.